The summed E-state index contributed by atoms with van der Waals surface area (Å²) in [6.07, 6.45) is 9.17. The second-order valence-corrected chi connectivity index (χ2v) is 12.2. The molecule has 1 aliphatic rings. The highest BCUT2D eigenvalue weighted by molar-refractivity contribution is 6.15. The molecule has 218 valence electrons. The lowest BCUT2D eigenvalue weighted by atomic mass is 9.90. The lowest BCUT2D eigenvalue weighted by Gasteiger charge is -2.13. The molecule has 9 rings (SSSR count). The van der Waals surface area contributed by atoms with Crippen molar-refractivity contribution in [3.63, 3.8) is 0 Å². The predicted octanol–water partition coefficient (Wildman–Crippen LogP) is 11.0. The number of nitrogens with two attached hydrogens (primary N) is 1. The second-order valence-electron chi connectivity index (χ2n) is 12.2. The first-order valence-corrected chi connectivity index (χ1v) is 16.2. The van der Waals surface area contributed by atoms with E-state index >= 15 is 0 Å². The summed E-state index contributed by atoms with van der Waals surface area (Å²) < 4.78 is 2.41. The van der Waals surface area contributed by atoms with Crippen LogP contribution < -0.4 is 5.32 Å². The number of aryl methyl sites for hydroxylation is 1. The van der Waals surface area contributed by atoms with Gasteiger partial charge in [0.2, 0.25) is 0 Å². The van der Waals surface area contributed by atoms with Gasteiger partial charge < -0.3 is 4.57 Å². The maximum Gasteiger partial charge on any atom is 0.142 e. The number of nitrogens with zero attached hydrogens (tertiary/aromatic N) is 1. The van der Waals surface area contributed by atoms with Crippen molar-refractivity contribution in [3.05, 3.63) is 156 Å². The Hall–Kier alpha value is -5.70. The van der Waals surface area contributed by atoms with E-state index in [1.54, 1.807) is 0 Å². The van der Waals surface area contributed by atoms with Crippen LogP contribution in [0.1, 0.15) is 29.2 Å². The van der Waals surface area contributed by atoms with Gasteiger partial charge in [0.05, 0.1) is 0 Å². The fourth-order valence-corrected chi connectivity index (χ4v) is 7.50. The number of rotatable bonds is 5. The standard InChI is InChI=1S/C44H32N2/c1-2-46-43-18-10-8-16-38(43)40-28-30(22-26-44(40)46)20-24-36-33-13-5-3-11-31(33)35(32-12-4-6-14-34(32)36)23-19-29-21-25-42-39(27-29)37-15-7-9-17-41(37)45-42/h3-28,45H,2H2,1H3/p+1/b23-19+,24-20+. The maximum absolute atomic E-state index is 2.41. The summed E-state index contributed by atoms with van der Waals surface area (Å²) in [5.41, 5.74) is 12.7. The molecule has 0 saturated heterocycles. The minimum Gasteiger partial charge on any atom is -0.341 e. The fraction of sp³-hybridized carbons (Fsp3) is 0.0455. The highest BCUT2D eigenvalue weighted by Gasteiger charge is 2.22. The Labute approximate surface area is 268 Å². The summed E-state index contributed by atoms with van der Waals surface area (Å²) in [4.78, 5) is 0. The van der Waals surface area contributed by atoms with E-state index in [4.69, 9.17) is 0 Å². The number of benzene rings is 7. The third kappa shape index (κ3) is 4.23. The quantitative estimate of drug-likeness (QED) is 0.117. The Morgan fingerprint density at radius 3 is 1.65 bits per heavy atom. The molecule has 0 amide bonds. The normalized spacial score (nSPS) is 12.7. The van der Waals surface area contributed by atoms with Crippen LogP contribution in [-0.2, 0) is 6.54 Å². The summed E-state index contributed by atoms with van der Waals surface area (Å²) in [7, 11) is 0. The van der Waals surface area contributed by atoms with Crippen molar-refractivity contribution in [1.29, 1.82) is 0 Å². The number of fused-ring (bicyclic) bond motifs is 8. The summed E-state index contributed by atoms with van der Waals surface area (Å²) in [5.74, 6) is 0. The summed E-state index contributed by atoms with van der Waals surface area (Å²) in [5, 5.41) is 9.95. The minimum atomic E-state index is 0.955. The van der Waals surface area contributed by atoms with Gasteiger partial charge in [0, 0.05) is 51.6 Å². The van der Waals surface area contributed by atoms with E-state index in [0.29, 0.717) is 0 Å². The van der Waals surface area contributed by atoms with E-state index in [1.165, 1.54) is 88.1 Å². The topological polar surface area (TPSA) is 21.5 Å². The van der Waals surface area contributed by atoms with Crippen LogP contribution in [0.5, 0.6) is 0 Å². The number of aromatic nitrogens is 1. The van der Waals surface area contributed by atoms with E-state index in [0.717, 1.165) is 6.54 Å². The van der Waals surface area contributed by atoms with Gasteiger partial charge >= 0.3 is 0 Å². The van der Waals surface area contributed by atoms with Crippen LogP contribution >= 0.6 is 0 Å². The Kier molecular flexibility index (Phi) is 6.22. The third-order valence-corrected chi connectivity index (χ3v) is 9.65. The van der Waals surface area contributed by atoms with Gasteiger partial charge in [0.25, 0.3) is 0 Å². The van der Waals surface area contributed by atoms with Crippen LogP contribution in [0.15, 0.2) is 133 Å². The van der Waals surface area contributed by atoms with Crippen LogP contribution in [0.3, 0.4) is 0 Å². The lowest BCUT2D eigenvalue weighted by Crippen LogP contribution is -2.69. The molecule has 2 nitrogen and oxygen atoms in total. The second kappa shape index (κ2) is 10.7. The maximum atomic E-state index is 2.41. The molecule has 2 heterocycles. The SMILES string of the molecule is CCn1c2ccccc2c2cc(/C=C/c3c4ccccc4c(/C=C/c4ccc5c(c4)-c4ccccc4[NH2+]5)c4ccccc34)ccc21. The molecule has 0 radical (unpaired) electrons. The van der Waals surface area contributed by atoms with E-state index in [-0.39, 0.29) is 0 Å². The lowest BCUT2D eigenvalue weighted by molar-refractivity contribution is -0.473. The number of quaternary nitrogens is 1. The van der Waals surface area contributed by atoms with Crippen molar-refractivity contribution in [1.82, 2.24) is 4.57 Å². The summed E-state index contributed by atoms with van der Waals surface area (Å²) in [6, 6.07) is 48.7. The molecule has 7 aromatic carbocycles. The fourth-order valence-electron chi connectivity index (χ4n) is 7.50. The number of hydrogen-bond donors (Lipinski definition) is 1. The van der Waals surface area contributed by atoms with Crippen LogP contribution in [0.2, 0.25) is 0 Å². The molecule has 0 fully saturated rings. The predicted molar refractivity (Wildman–Crippen MR) is 198 cm³/mol. The zero-order valence-electron chi connectivity index (χ0n) is 25.7. The van der Waals surface area contributed by atoms with Gasteiger partial charge in [0.1, 0.15) is 11.4 Å². The molecule has 0 bridgehead atoms. The van der Waals surface area contributed by atoms with E-state index in [1.807, 2.05) is 0 Å². The van der Waals surface area contributed by atoms with Crippen LogP contribution in [0.25, 0.3) is 78.8 Å². The zero-order chi connectivity index (χ0) is 30.6. The molecule has 0 aliphatic carbocycles. The largest absolute Gasteiger partial charge is 0.341 e. The van der Waals surface area contributed by atoms with Crippen LogP contribution in [0.4, 0.5) is 11.4 Å². The molecule has 2 heteroatoms. The third-order valence-electron chi connectivity index (χ3n) is 9.65. The summed E-state index contributed by atoms with van der Waals surface area (Å²) >= 11 is 0. The Bertz CT molecular complexity index is 2490. The monoisotopic (exact) mass is 589 g/mol. The first kappa shape index (κ1) is 26.7. The first-order valence-electron chi connectivity index (χ1n) is 16.2. The number of hydrogen-bond acceptors (Lipinski definition) is 0. The van der Waals surface area contributed by atoms with Crippen molar-refractivity contribution in [2.24, 2.45) is 0 Å². The van der Waals surface area contributed by atoms with Crippen molar-refractivity contribution in [2.75, 3.05) is 0 Å². The Morgan fingerprint density at radius 1 is 0.457 bits per heavy atom. The van der Waals surface area contributed by atoms with Gasteiger partial charge in [-0.1, -0.05) is 109 Å². The molecule has 0 atom stereocenters. The molecule has 1 aliphatic heterocycles. The zero-order valence-corrected chi connectivity index (χ0v) is 25.7. The Morgan fingerprint density at radius 2 is 0.978 bits per heavy atom. The van der Waals surface area contributed by atoms with Crippen molar-refractivity contribution in [3.8, 4) is 11.1 Å². The van der Waals surface area contributed by atoms with Gasteiger partial charge in [-0.15, -0.1) is 0 Å². The van der Waals surface area contributed by atoms with E-state index < -0.39 is 0 Å². The molecule has 0 saturated carbocycles. The highest BCUT2D eigenvalue weighted by Crippen LogP contribution is 2.38. The molecule has 0 spiro atoms. The molecular weight excluding hydrogens is 556 g/mol. The Balaban J connectivity index is 1.15. The first-order chi connectivity index (χ1) is 22.8. The van der Waals surface area contributed by atoms with Gasteiger partial charge in [0.15, 0.2) is 0 Å². The smallest absolute Gasteiger partial charge is 0.142 e. The molecule has 0 unspecified atom stereocenters. The van der Waals surface area contributed by atoms with Crippen molar-refractivity contribution in [2.45, 2.75) is 13.5 Å². The molecule has 46 heavy (non-hydrogen) atoms. The van der Waals surface area contributed by atoms with Gasteiger partial charge in [-0.05, 0) is 87.1 Å². The van der Waals surface area contributed by atoms with E-state index in [9.17, 15) is 0 Å². The van der Waals surface area contributed by atoms with E-state index in [2.05, 4.69) is 175 Å². The van der Waals surface area contributed by atoms with Gasteiger partial charge in [-0.2, -0.15) is 0 Å². The highest BCUT2D eigenvalue weighted by atomic mass is 15.0. The molecule has 2 N–H and O–H groups in total. The molecule has 8 aromatic rings. The summed E-state index contributed by atoms with van der Waals surface area (Å²) in [6.45, 7) is 3.18. The van der Waals surface area contributed by atoms with Crippen LogP contribution in [0, 0.1) is 0 Å². The molecular formula is C44H33N2+. The van der Waals surface area contributed by atoms with Gasteiger partial charge in [-0.25, -0.2) is 0 Å². The number of para-hydroxylation sites is 2. The van der Waals surface area contributed by atoms with Crippen molar-refractivity contribution < 1.29 is 5.32 Å². The van der Waals surface area contributed by atoms with Gasteiger partial charge in [-0.3, -0.25) is 5.32 Å². The minimum absolute atomic E-state index is 0.955. The van der Waals surface area contributed by atoms with Crippen molar-refractivity contribution >= 4 is 79.0 Å². The van der Waals surface area contributed by atoms with Crippen LogP contribution in [-0.4, -0.2) is 4.57 Å². The molecule has 1 aromatic heterocycles. The average molecular weight is 590 g/mol. The average Bonchev–Trinajstić information content (AvgIpc) is 3.64.